The van der Waals surface area contributed by atoms with Gasteiger partial charge in [-0.15, -0.1) is 0 Å². The number of H-pyrrole nitrogens is 1. The van der Waals surface area contributed by atoms with E-state index in [0.29, 0.717) is 18.7 Å². The molecule has 2 heterocycles. The molecular weight excluding hydrogens is 252 g/mol. The lowest BCUT2D eigenvalue weighted by molar-refractivity contribution is -0.116. The number of amides is 1. The van der Waals surface area contributed by atoms with Gasteiger partial charge in [-0.1, -0.05) is 12.1 Å². The molecule has 0 spiro atoms. The van der Waals surface area contributed by atoms with Gasteiger partial charge < -0.3 is 5.32 Å². The van der Waals surface area contributed by atoms with Crippen LogP contribution in [0, 0.1) is 0 Å². The first-order chi connectivity index (χ1) is 9.83. The second kappa shape index (κ2) is 5.52. The number of aryl methyl sites for hydroxylation is 1. The van der Waals surface area contributed by atoms with Gasteiger partial charge in [0.2, 0.25) is 5.91 Å². The van der Waals surface area contributed by atoms with Crippen LogP contribution in [-0.4, -0.2) is 21.1 Å². The molecule has 0 radical (unpaired) electrons. The van der Waals surface area contributed by atoms with Crippen LogP contribution in [0.1, 0.15) is 12.0 Å². The molecule has 0 aliphatic carbocycles. The van der Waals surface area contributed by atoms with Gasteiger partial charge in [-0.25, -0.2) is 0 Å². The van der Waals surface area contributed by atoms with E-state index in [1.54, 1.807) is 12.4 Å². The average Bonchev–Trinajstić information content (AvgIpc) is 2.90. The van der Waals surface area contributed by atoms with E-state index in [-0.39, 0.29) is 5.91 Å². The Kier molecular flexibility index (Phi) is 3.41. The largest absolute Gasteiger partial charge is 0.309 e. The Labute approximate surface area is 116 Å². The Morgan fingerprint density at radius 1 is 1.15 bits per heavy atom. The molecule has 5 heteroatoms. The summed E-state index contributed by atoms with van der Waals surface area (Å²) >= 11 is 0. The van der Waals surface area contributed by atoms with Crippen LogP contribution in [0.4, 0.5) is 5.82 Å². The van der Waals surface area contributed by atoms with Crippen LogP contribution in [0.15, 0.2) is 48.8 Å². The van der Waals surface area contributed by atoms with E-state index in [2.05, 4.69) is 20.5 Å². The average molecular weight is 266 g/mol. The van der Waals surface area contributed by atoms with E-state index in [4.69, 9.17) is 0 Å². The lowest BCUT2D eigenvalue weighted by Crippen LogP contribution is -2.12. The summed E-state index contributed by atoms with van der Waals surface area (Å²) in [6.45, 7) is 0. The molecule has 0 aliphatic rings. The second-order valence-electron chi connectivity index (χ2n) is 4.52. The normalized spacial score (nSPS) is 10.6. The van der Waals surface area contributed by atoms with Gasteiger partial charge in [0.15, 0.2) is 5.82 Å². The molecule has 5 nitrogen and oxygen atoms in total. The van der Waals surface area contributed by atoms with Crippen molar-refractivity contribution in [1.29, 1.82) is 0 Å². The first-order valence-corrected chi connectivity index (χ1v) is 6.45. The number of fused-ring (bicyclic) bond motifs is 1. The van der Waals surface area contributed by atoms with Crippen molar-refractivity contribution in [3.63, 3.8) is 0 Å². The lowest BCUT2D eigenvalue weighted by Gasteiger charge is -2.02. The molecular formula is C15H14N4O. The Balaban J connectivity index is 1.64. The molecule has 1 amide bonds. The number of nitrogens with one attached hydrogen (secondary N) is 2. The summed E-state index contributed by atoms with van der Waals surface area (Å²) in [6, 6.07) is 11.5. The molecule has 1 aromatic carbocycles. The Morgan fingerprint density at radius 3 is 2.80 bits per heavy atom. The molecule has 20 heavy (non-hydrogen) atoms. The summed E-state index contributed by atoms with van der Waals surface area (Å²) in [4.78, 5) is 15.9. The number of aromatic amines is 1. The number of aromatic nitrogens is 3. The minimum atomic E-state index is -0.0425. The van der Waals surface area contributed by atoms with E-state index in [1.807, 2.05) is 36.4 Å². The zero-order chi connectivity index (χ0) is 13.8. The third-order valence-corrected chi connectivity index (χ3v) is 3.12. The Morgan fingerprint density at radius 2 is 1.95 bits per heavy atom. The number of carbonyl (C=O) groups is 1. The predicted molar refractivity (Wildman–Crippen MR) is 77.3 cm³/mol. The number of pyridine rings is 1. The third kappa shape index (κ3) is 2.66. The molecule has 3 rings (SSSR count). The summed E-state index contributed by atoms with van der Waals surface area (Å²) in [5.41, 5.74) is 2.01. The van der Waals surface area contributed by atoms with Gasteiger partial charge in [-0.3, -0.25) is 14.9 Å². The van der Waals surface area contributed by atoms with E-state index in [0.717, 1.165) is 16.5 Å². The fraction of sp³-hybridized carbons (Fsp3) is 0.133. The van der Waals surface area contributed by atoms with E-state index >= 15 is 0 Å². The van der Waals surface area contributed by atoms with E-state index in [1.165, 1.54) is 0 Å². The van der Waals surface area contributed by atoms with E-state index in [9.17, 15) is 4.79 Å². The topological polar surface area (TPSA) is 70.7 Å². The maximum absolute atomic E-state index is 11.9. The van der Waals surface area contributed by atoms with Crippen molar-refractivity contribution in [3.05, 3.63) is 54.4 Å². The Hall–Kier alpha value is -2.69. The van der Waals surface area contributed by atoms with Crippen molar-refractivity contribution < 1.29 is 4.79 Å². The second-order valence-corrected chi connectivity index (χ2v) is 4.52. The highest BCUT2D eigenvalue weighted by Crippen LogP contribution is 2.19. The first kappa shape index (κ1) is 12.3. The van der Waals surface area contributed by atoms with Gasteiger partial charge in [-0.05, 0) is 36.2 Å². The fourth-order valence-electron chi connectivity index (χ4n) is 2.06. The SMILES string of the molecule is O=C(CCc1ccncc1)Nc1n[nH]c2ccccc12. The monoisotopic (exact) mass is 266 g/mol. The van der Waals surface area contributed by atoms with Gasteiger partial charge in [0, 0.05) is 24.2 Å². The molecule has 0 atom stereocenters. The summed E-state index contributed by atoms with van der Waals surface area (Å²) in [7, 11) is 0. The number of anilines is 1. The molecule has 0 bridgehead atoms. The summed E-state index contributed by atoms with van der Waals surface area (Å²) < 4.78 is 0. The number of nitrogens with zero attached hydrogens (tertiary/aromatic N) is 2. The number of benzene rings is 1. The van der Waals surface area contributed by atoms with Gasteiger partial charge in [0.1, 0.15) is 0 Å². The summed E-state index contributed by atoms with van der Waals surface area (Å²) in [6.07, 6.45) is 4.57. The van der Waals surface area contributed by atoms with Crippen LogP contribution in [0.25, 0.3) is 10.9 Å². The molecule has 100 valence electrons. The predicted octanol–water partition coefficient (Wildman–Crippen LogP) is 2.53. The summed E-state index contributed by atoms with van der Waals surface area (Å²) in [5.74, 6) is 0.541. The first-order valence-electron chi connectivity index (χ1n) is 6.45. The third-order valence-electron chi connectivity index (χ3n) is 3.12. The van der Waals surface area contributed by atoms with Crippen LogP contribution >= 0.6 is 0 Å². The van der Waals surface area contributed by atoms with Crippen LogP contribution in [0.5, 0.6) is 0 Å². The number of rotatable bonds is 4. The smallest absolute Gasteiger partial charge is 0.225 e. The highest BCUT2D eigenvalue weighted by Gasteiger charge is 2.08. The van der Waals surface area contributed by atoms with Crippen molar-refractivity contribution in [2.24, 2.45) is 0 Å². The van der Waals surface area contributed by atoms with Gasteiger partial charge in [-0.2, -0.15) is 5.10 Å². The molecule has 0 saturated heterocycles. The van der Waals surface area contributed by atoms with Crippen LogP contribution in [0.2, 0.25) is 0 Å². The van der Waals surface area contributed by atoms with Gasteiger partial charge in [0.25, 0.3) is 0 Å². The summed E-state index contributed by atoms with van der Waals surface area (Å²) in [5, 5.41) is 10.8. The number of hydrogen-bond acceptors (Lipinski definition) is 3. The number of para-hydroxylation sites is 1. The molecule has 2 aromatic heterocycles. The fourth-order valence-corrected chi connectivity index (χ4v) is 2.06. The molecule has 0 saturated carbocycles. The molecule has 0 unspecified atom stereocenters. The highest BCUT2D eigenvalue weighted by atomic mass is 16.1. The van der Waals surface area contributed by atoms with Crippen molar-refractivity contribution in [1.82, 2.24) is 15.2 Å². The van der Waals surface area contributed by atoms with Crippen molar-refractivity contribution >= 4 is 22.6 Å². The molecule has 2 N–H and O–H groups in total. The number of carbonyl (C=O) groups excluding carboxylic acids is 1. The van der Waals surface area contributed by atoms with Crippen molar-refractivity contribution in [3.8, 4) is 0 Å². The van der Waals surface area contributed by atoms with Crippen LogP contribution in [0.3, 0.4) is 0 Å². The maximum Gasteiger partial charge on any atom is 0.225 e. The van der Waals surface area contributed by atoms with Crippen LogP contribution in [-0.2, 0) is 11.2 Å². The zero-order valence-corrected chi connectivity index (χ0v) is 10.8. The maximum atomic E-state index is 11.9. The van der Waals surface area contributed by atoms with Gasteiger partial charge in [0.05, 0.1) is 5.52 Å². The molecule has 0 aliphatic heterocycles. The van der Waals surface area contributed by atoms with Crippen molar-refractivity contribution in [2.75, 3.05) is 5.32 Å². The minimum Gasteiger partial charge on any atom is -0.309 e. The minimum absolute atomic E-state index is 0.0425. The molecule has 0 fully saturated rings. The quantitative estimate of drug-likeness (QED) is 0.762. The highest BCUT2D eigenvalue weighted by molar-refractivity contribution is 5.99. The standard InChI is InChI=1S/C15H14N4O/c20-14(6-5-11-7-9-16-10-8-11)17-15-12-3-1-2-4-13(12)18-19-15/h1-4,7-10H,5-6H2,(H2,17,18,19,20). The Bertz CT molecular complexity index is 721. The van der Waals surface area contributed by atoms with E-state index < -0.39 is 0 Å². The lowest BCUT2D eigenvalue weighted by atomic mass is 10.1. The zero-order valence-electron chi connectivity index (χ0n) is 10.8. The molecule has 3 aromatic rings. The number of hydrogen-bond donors (Lipinski definition) is 2. The van der Waals surface area contributed by atoms with Gasteiger partial charge >= 0.3 is 0 Å². The van der Waals surface area contributed by atoms with Crippen molar-refractivity contribution in [2.45, 2.75) is 12.8 Å². The van der Waals surface area contributed by atoms with Crippen LogP contribution < -0.4 is 5.32 Å².